The highest BCUT2D eigenvalue weighted by Gasteiger charge is 2.03. The van der Waals surface area contributed by atoms with E-state index in [0.29, 0.717) is 0 Å². The van der Waals surface area contributed by atoms with Crippen LogP contribution in [-0.2, 0) is 0 Å². The summed E-state index contributed by atoms with van der Waals surface area (Å²) in [6.07, 6.45) is 0. The summed E-state index contributed by atoms with van der Waals surface area (Å²) < 4.78 is 0. The van der Waals surface area contributed by atoms with Gasteiger partial charge >= 0.3 is 6.03 Å². The van der Waals surface area contributed by atoms with Crippen molar-refractivity contribution >= 4 is 11.7 Å². The van der Waals surface area contributed by atoms with Gasteiger partial charge in [-0.25, -0.2) is 10.2 Å². The van der Waals surface area contributed by atoms with Gasteiger partial charge in [-0.05, 0) is 12.1 Å². The molecule has 0 aromatic heterocycles. The molecule has 1 rings (SSSR count). The Morgan fingerprint density at radius 2 is 2.15 bits per heavy atom. The smallest absolute Gasteiger partial charge is 0.341 e. The van der Waals surface area contributed by atoms with Gasteiger partial charge in [0.15, 0.2) is 0 Å². The van der Waals surface area contributed by atoms with Gasteiger partial charge in [0.2, 0.25) is 0 Å². The number of benzene rings is 1. The second kappa shape index (κ2) is 4.05. The fourth-order valence-corrected chi connectivity index (χ4v) is 0.780. The molecule has 0 spiro atoms. The first-order valence-corrected chi connectivity index (χ1v) is 3.45. The molecule has 1 aromatic carbocycles. The van der Waals surface area contributed by atoms with Crippen LogP contribution in [0, 0.1) is 5.53 Å². The van der Waals surface area contributed by atoms with E-state index in [-0.39, 0.29) is 11.4 Å². The van der Waals surface area contributed by atoms with Crippen LogP contribution in [0.4, 0.5) is 10.5 Å². The molecule has 0 fully saturated rings. The second-order valence-corrected chi connectivity index (χ2v) is 2.19. The van der Waals surface area contributed by atoms with Crippen molar-refractivity contribution in [3.05, 3.63) is 24.3 Å². The van der Waals surface area contributed by atoms with Gasteiger partial charge in [-0.15, -0.1) is 0 Å². The molecule has 4 N–H and O–H groups in total. The van der Waals surface area contributed by atoms with E-state index in [4.69, 9.17) is 5.53 Å². The van der Waals surface area contributed by atoms with Gasteiger partial charge in [-0.2, -0.15) is 5.53 Å². The van der Waals surface area contributed by atoms with Crippen molar-refractivity contribution in [2.75, 3.05) is 5.32 Å². The first-order chi connectivity index (χ1) is 6.24. The topological polar surface area (TPSA) is 97.6 Å². The number of nitrogens with one attached hydrogen (secondary N) is 3. The SMILES string of the molecule is N=NNC(=O)Nc1ccccc1O. The van der Waals surface area contributed by atoms with E-state index in [2.05, 4.69) is 10.5 Å². The molecule has 0 unspecified atom stereocenters. The third kappa shape index (κ3) is 2.44. The van der Waals surface area contributed by atoms with E-state index >= 15 is 0 Å². The molecular weight excluding hydrogens is 172 g/mol. The predicted octanol–water partition coefficient (Wildman–Crippen LogP) is 1.46. The minimum atomic E-state index is -0.670. The first kappa shape index (κ1) is 8.98. The van der Waals surface area contributed by atoms with Crippen molar-refractivity contribution in [3.8, 4) is 5.75 Å². The Hall–Kier alpha value is -2.11. The number of anilines is 1. The molecule has 0 bridgehead atoms. The average Bonchev–Trinajstić information content (AvgIpc) is 2.09. The van der Waals surface area contributed by atoms with E-state index in [1.54, 1.807) is 12.1 Å². The molecule has 1 aromatic rings. The number of phenols is 1. The van der Waals surface area contributed by atoms with Crippen LogP contribution in [0.5, 0.6) is 5.75 Å². The third-order valence-corrected chi connectivity index (χ3v) is 1.31. The highest BCUT2D eigenvalue weighted by Crippen LogP contribution is 2.20. The normalized spacial score (nSPS) is 8.92. The molecular formula is C7H8N4O2. The number of aromatic hydroxyl groups is 1. The van der Waals surface area contributed by atoms with E-state index in [1.807, 2.05) is 5.43 Å². The molecule has 6 nitrogen and oxygen atoms in total. The first-order valence-electron chi connectivity index (χ1n) is 3.45. The highest BCUT2D eigenvalue weighted by molar-refractivity contribution is 5.90. The molecule has 0 radical (unpaired) electrons. The summed E-state index contributed by atoms with van der Waals surface area (Å²) in [7, 11) is 0. The molecule has 68 valence electrons. The average molecular weight is 180 g/mol. The molecule has 0 saturated carbocycles. The number of para-hydroxylation sites is 2. The molecule has 0 atom stereocenters. The monoisotopic (exact) mass is 180 g/mol. The lowest BCUT2D eigenvalue weighted by molar-refractivity contribution is 0.251. The van der Waals surface area contributed by atoms with Crippen LogP contribution in [0.15, 0.2) is 29.5 Å². The zero-order valence-electron chi connectivity index (χ0n) is 6.61. The van der Waals surface area contributed by atoms with Crippen LogP contribution in [0.1, 0.15) is 0 Å². The van der Waals surface area contributed by atoms with Crippen molar-refractivity contribution in [1.82, 2.24) is 5.43 Å². The largest absolute Gasteiger partial charge is 0.506 e. The summed E-state index contributed by atoms with van der Waals surface area (Å²) in [5.41, 5.74) is 8.46. The minimum absolute atomic E-state index is 0.0392. The number of amides is 2. The summed E-state index contributed by atoms with van der Waals surface area (Å²) in [6, 6.07) is 5.59. The van der Waals surface area contributed by atoms with Crippen LogP contribution in [0.25, 0.3) is 0 Å². The number of carbonyl (C=O) groups excluding carboxylic acids is 1. The van der Waals surface area contributed by atoms with Crippen molar-refractivity contribution < 1.29 is 9.90 Å². The molecule has 0 heterocycles. The summed E-state index contributed by atoms with van der Waals surface area (Å²) in [6.45, 7) is 0. The van der Waals surface area contributed by atoms with Crippen LogP contribution in [0.3, 0.4) is 0 Å². The molecule has 0 aliphatic rings. The fourth-order valence-electron chi connectivity index (χ4n) is 0.780. The van der Waals surface area contributed by atoms with Gasteiger partial charge in [0.1, 0.15) is 5.75 Å². The number of rotatable bonds is 2. The van der Waals surface area contributed by atoms with Gasteiger partial charge in [0, 0.05) is 0 Å². The molecule has 13 heavy (non-hydrogen) atoms. The lowest BCUT2D eigenvalue weighted by Gasteiger charge is -2.04. The van der Waals surface area contributed by atoms with Crippen LogP contribution >= 0.6 is 0 Å². The van der Waals surface area contributed by atoms with Crippen molar-refractivity contribution in [3.63, 3.8) is 0 Å². The van der Waals surface area contributed by atoms with Gasteiger partial charge < -0.3 is 10.4 Å². The maximum absolute atomic E-state index is 10.8. The Morgan fingerprint density at radius 1 is 1.46 bits per heavy atom. The predicted molar refractivity (Wildman–Crippen MR) is 45.4 cm³/mol. The molecule has 0 aliphatic carbocycles. The van der Waals surface area contributed by atoms with E-state index in [9.17, 15) is 9.90 Å². The lowest BCUT2D eigenvalue weighted by Crippen LogP contribution is -2.23. The summed E-state index contributed by atoms with van der Waals surface area (Å²) >= 11 is 0. The Kier molecular flexibility index (Phi) is 2.80. The van der Waals surface area contributed by atoms with Crippen molar-refractivity contribution in [2.45, 2.75) is 0 Å². The molecule has 0 aliphatic heterocycles. The van der Waals surface area contributed by atoms with E-state index in [0.717, 1.165) is 0 Å². The van der Waals surface area contributed by atoms with E-state index in [1.165, 1.54) is 12.1 Å². The minimum Gasteiger partial charge on any atom is -0.506 e. The second-order valence-electron chi connectivity index (χ2n) is 2.19. The van der Waals surface area contributed by atoms with Gasteiger partial charge in [0.25, 0.3) is 0 Å². The number of hydrogen-bond donors (Lipinski definition) is 4. The highest BCUT2D eigenvalue weighted by atomic mass is 16.3. The zero-order valence-corrected chi connectivity index (χ0v) is 6.61. The Morgan fingerprint density at radius 3 is 2.77 bits per heavy atom. The Bertz CT molecular complexity index is 326. The Balaban J connectivity index is 2.68. The summed E-state index contributed by atoms with van der Waals surface area (Å²) in [5, 5.41) is 14.2. The zero-order chi connectivity index (χ0) is 9.68. The Labute approximate surface area is 74.1 Å². The van der Waals surface area contributed by atoms with E-state index < -0.39 is 6.03 Å². The maximum atomic E-state index is 10.8. The molecule has 0 saturated heterocycles. The third-order valence-electron chi connectivity index (χ3n) is 1.31. The molecule has 2 amide bonds. The summed E-state index contributed by atoms with van der Waals surface area (Å²) in [4.78, 5) is 10.8. The van der Waals surface area contributed by atoms with Crippen molar-refractivity contribution in [2.24, 2.45) is 5.22 Å². The van der Waals surface area contributed by atoms with Gasteiger partial charge in [0.05, 0.1) is 5.69 Å². The number of urea groups is 1. The van der Waals surface area contributed by atoms with Crippen LogP contribution in [0.2, 0.25) is 0 Å². The number of nitrogens with zero attached hydrogens (tertiary/aromatic N) is 1. The number of hydrogen-bond acceptors (Lipinski definition) is 4. The lowest BCUT2D eigenvalue weighted by atomic mass is 10.3. The van der Waals surface area contributed by atoms with Gasteiger partial charge in [-0.1, -0.05) is 17.4 Å². The standard InChI is InChI=1S/C7H8N4O2/c8-11-10-7(13)9-5-3-1-2-4-6(5)12/h1-4,12H,(H3,8,9,10,13). The van der Waals surface area contributed by atoms with Gasteiger partial charge in [-0.3, -0.25) is 0 Å². The fraction of sp³-hybridized carbons (Fsp3) is 0. The number of phenolic OH excluding ortho intramolecular Hbond substituents is 1. The molecule has 6 heteroatoms. The number of carbonyl (C=O) groups is 1. The maximum Gasteiger partial charge on any atom is 0.341 e. The summed E-state index contributed by atoms with van der Waals surface area (Å²) in [5.74, 6) is -0.0392. The quantitative estimate of drug-likeness (QED) is 0.315. The van der Waals surface area contributed by atoms with Crippen molar-refractivity contribution in [1.29, 1.82) is 5.53 Å². The van der Waals surface area contributed by atoms with Crippen LogP contribution in [-0.4, -0.2) is 11.1 Å². The van der Waals surface area contributed by atoms with Crippen LogP contribution < -0.4 is 10.7 Å².